The van der Waals surface area contributed by atoms with E-state index in [-0.39, 0.29) is 23.9 Å². The number of non-ortho nitro benzene ring substituents is 1. The Morgan fingerprint density at radius 1 is 1.00 bits per heavy atom. The number of nitro groups is 1. The molecule has 0 aliphatic carbocycles. The van der Waals surface area contributed by atoms with Crippen LogP contribution >= 0.6 is 0 Å². The summed E-state index contributed by atoms with van der Waals surface area (Å²) >= 11 is 0. The maximum Gasteiger partial charge on any atom is 0.271 e. The highest BCUT2D eigenvalue weighted by Gasteiger charge is 2.41. The first-order valence-electron chi connectivity index (χ1n) is 11.1. The van der Waals surface area contributed by atoms with Crippen LogP contribution in [-0.4, -0.2) is 31.0 Å². The van der Waals surface area contributed by atoms with Crippen molar-refractivity contribution in [3.05, 3.63) is 88.5 Å². The monoisotopic (exact) mass is 475 g/mol. The van der Waals surface area contributed by atoms with Crippen molar-refractivity contribution in [3.8, 4) is 11.5 Å². The lowest BCUT2D eigenvalue weighted by atomic mass is 9.83. The van der Waals surface area contributed by atoms with Crippen LogP contribution in [0.15, 0.2) is 72.8 Å². The Morgan fingerprint density at radius 2 is 1.63 bits per heavy atom. The molecule has 2 unspecified atom stereocenters. The van der Waals surface area contributed by atoms with E-state index in [0.717, 1.165) is 5.56 Å². The van der Waals surface area contributed by atoms with Gasteiger partial charge in [0.2, 0.25) is 11.8 Å². The van der Waals surface area contributed by atoms with Crippen molar-refractivity contribution in [2.75, 3.05) is 24.4 Å². The van der Waals surface area contributed by atoms with E-state index in [4.69, 9.17) is 9.47 Å². The van der Waals surface area contributed by atoms with Gasteiger partial charge < -0.3 is 19.7 Å². The van der Waals surface area contributed by atoms with Crippen LogP contribution < -0.4 is 19.7 Å². The fourth-order valence-electron chi connectivity index (χ4n) is 4.33. The van der Waals surface area contributed by atoms with Gasteiger partial charge in [0.05, 0.1) is 31.1 Å². The molecule has 1 heterocycles. The van der Waals surface area contributed by atoms with Crippen LogP contribution in [0.3, 0.4) is 0 Å². The second kappa shape index (κ2) is 10.3. The summed E-state index contributed by atoms with van der Waals surface area (Å²) in [6.45, 7) is 0. The molecule has 2 atom stereocenters. The molecule has 0 radical (unpaired) electrons. The molecule has 2 amide bonds. The first-order chi connectivity index (χ1) is 16.9. The molecule has 1 saturated heterocycles. The second-order valence-corrected chi connectivity index (χ2v) is 8.12. The Hall–Kier alpha value is -4.40. The molecule has 1 aliphatic heterocycles. The average molecular weight is 476 g/mol. The standard InChI is InChI=1S/C26H25N3O6/c1-34-21-10-6-17(7-11-21)25-23(26(31)27-18-4-3-5-20(16-18)29(32)33)14-15-24(30)28(25)19-8-12-22(35-2)13-9-19/h3-13,16,23,25H,14-15H2,1-2H3,(H,27,31). The molecule has 9 nitrogen and oxygen atoms in total. The summed E-state index contributed by atoms with van der Waals surface area (Å²) in [4.78, 5) is 38.9. The van der Waals surface area contributed by atoms with Crippen molar-refractivity contribution in [3.63, 3.8) is 0 Å². The van der Waals surface area contributed by atoms with E-state index in [1.165, 1.54) is 18.2 Å². The number of carbonyl (C=O) groups is 2. The molecule has 1 fully saturated rings. The lowest BCUT2D eigenvalue weighted by Gasteiger charge is -2.41. The van der Waals surface area contributed by atoms with Gasteiger partial charge in [-0.3, -0.25) is 19.7 Å². The molecule has 35 heavy (non-hydrogen) atoms. The summed E-state index contributed by atoms with van der Waals surface area (Å²) in [5.41, 5.74) is 1.62. The number of amides is 2. The minimum Gasteiger partial charge on any atom is -0.497 e. The first-order valence-corrected chi connectivity index (χ1v) is 11.1. The van der Waals surface area contributed by atoms with Crippen molar-refractivity contribution in [1.29, 1.82) is 0 Å². The SMILES string of the molecule is COc1ccc(C2C(C(=O)Nc3cccc([N+](=O)[O-])c3)CCC(=O)N2c2ccc(OC)cc2)cc1. The van der Waals surface area contributed by atoms with Crippen molar-refractivity contribution in [2.45, 2.75) is 18.9 Å². The molecule has 3 aromatic rings. The number of rotatable bonds is 7. The average Bonchev–Trinajstić information content (AvgIpc) is 2.88. The number of ether oxygens (including phenoxy) is 2. The van der Waals surface area contributed by atoms with Gasteiger partial charge >= 0.3 is 0 Å². The minimum absolute atomic E-state index is 0.101. The number of nitrogens with one attached hydrogen (secondary N) is 1. The molecule has 0 aromatic heterocycles. The number of nitrogens with zero attached hydrogens (tertiary/aromatic N) is 2. The Morgan fingerprint density at radius 3 is 2.23 bits per heavy atom. The third kappa shape index (κ3) is 5.08. The van der Waals surface area contributed by atoms with Crippen molar-refractivity contribution in [2.24, 2.45) is 5.92 Å². The van der Waals surface area contributed by atoms with Gasteiger partial charge in [-0.15, -0.1) is 0 Å². The number of anilines is 2. The zero-order valence-electron chi connectivity index (χ0n) is 19.3. The van der Waals surface area contributed by atoms with E-state index < -0.39 is 16.9 Å². The number of piperidine rings is 1. The quantitative estimate of drug-likeness (QED) is 0.390. The molecule has 4 rings (SSSR count). The summed E-state index contributed by atoms with van der Waals surface area (Å²) in [6.07, 6.45) is 0.522. The summed E-state index contributed by atoms with van der Waals surface area (Å²) < 4.78 is 10.5. The number of methoxy groups -OCH3 is 2. The highest BCUT2D eigenvalue weighted by molar-refractivity contribution is 6.00. The molecule has 0 saturated carbocycles. The summed E-state index contributed by atoms with van der Waals surface area (Å²) in [5, 5.41) is 13.9. The molecule has 180 valence electrons. The Bertz CT molecular complexity index is 1230. The molecule has 0 spiro atoms. The Kier molecular flexibility index (Phi) is 6.96. The van der Waals surface area contributed by atoms with Gasteiger partial charge in [0.25, 0.3) is 5.69 Å². The lowest BCUT2D eigenvalue weighted by Crippen LogP contribution is -2.46. The highest BCUT2D eigenvalue weighted by Crippen LogP contribution is 2.41. The normalized spacial score (nSPS) is 17.5. The smallest absolute Gasteiger partial charge is 0.271 e. The molecular weight excluding hydrogens is 450 g/mol. The van der Waals surface area contributed by atoms with Crippen molar-refractivity contribution >= 4 is 28.9 Å². The van der Waals surface area contributed by atoms with E-state index in [1.54, 1.807) is 61.6 Å². The zero-order chi connectivity index (χ0) is 24.9. The van der Waals surface area contributed by atoms with E-state index in [2.05, 4.69) is 5.32 Å². The molecule has 0 bridgehead atoms. The largest absolute Gasteiger partial charge is 0.497 e. The van der Waals surface area contributed by atoms with Crippen LogP contribution in [-0.2, 0) is 9.59 Å². The maximum atomic E-state index is 13.5. The van der Waals surface area contributed by atoms with Crippen molar-refractivity contribution in [1.82, 2.24) is 0 Å². The molecular formula is C26H25N3O6. The van der Waals surface area contributed by atoms with Crippen LogP contribution in [0.2, 0.25) is 0 Å². The van der Waals surface area contributed by atoms with Gasteiger partial charge in [-0.05, 0) is 54.4 Å². The van der Waals surface area contributed by atoms with Crippen LogP contribution in [0.4, 0.5) is 17.1 Å². The van der Waals surface area contributed by atoms with Gasteiger partial charge in [-0.2, -0.15) is 0 Å². The Labute approximate surface area is 202 Å². The fourth-order valence-corrected chi connectivity index (χ4v) is 4.33. The van der Waals surface area contributed by atoms with E-state index in [9.17, 15) is 19.7 Å². The number of nitro benzene ring substituents is 1. The van der Waals surface area contributed by atoms with Crippen LogP contribution in [0.25, 0.3) is 0 Å². The molecule has 9 heteroatoms. The third-order valence-electron chi connectivity index (χ3n) is 6.07. The number of hydrogen-bond acceptors (Lipinski definition) is 6. The van der Waals surface area contributed by atoms with Crippen molar-refractivity contribution < 1.29 is 24.0 Å². The van der Waals surface area contributed by atoms with Gasteiger partial charge in [0, 0.05) is 29.9 Å². The zero-order valence-corrected chi connectivity index (χ0v) is 19.3. The number of hydrogen-bond donors (Lipinski definition) is 1. The van der Waals surface area contributed by atoms with Crippen LogP contribution in [0.5, 0.6) is 11.5 Å². The Balaban J connectivity index is 1.72. The summed E-state index contributed by atoms with van der Waals surface area (Å²) in [5.74, 6) is 0.291. The van der Waals surface area contributed by atoms with E-state index >= 15 is 0 Å². The number of carbonyl (C=O) groups excluding carboxylic acids is 2. The summed E-state index contributed by atoms with van der Waals surface area (Å²) in [6, 6.07) is 19.6. The maximum absolute atomic E-state index is 13.5. The molecule has 1 aliphatic rings. The van der Waals surface area contributed by atoms with Gasteiger partial charge in [-0.25, -0.2) is 0 Å². The fraction of sp³-hybridized carbons (Fsp3) is 0.231. The van der Waals surface area contributed by atoms with Gasteiger partial charge in [-0.1, -0.05) is 18.2 Å². The predicted octanol–water partition coefficient (Wildman–Crippen LogP) is 4.74. The lowest BCUT2D eigenvalue weighted by molar-refractivity contribution is -0.384. The van der Waals surface area contributed by atoms with Gasteiger partial charge in [0.1, 0.15) is 11.5 Å². The van der Waals surface area contributed by atoms with Gasteiger partial charge in [0.15, 0.2) is 0 Å². The third-order valence-corrected chi connectivity index (χ3v) is 6.07. The topological polar surface area (TPSA) is 111 Å². The van der Waals surface area contributed by atoms with Crippen LogP contribution in [0, 0.1) is 16.0 Å². The molecule has 3 aromatic carbocycles. The second-order valence-electron chi connectivity index (χ2n) is 8.12. The van der Waals surface area contributed by atoms with E-state index in [0.29, 0.717) is 29.3 Å². The van der Waals surface area contributed by atoms with Crippen LogP contribution in [0.1, 0.15) is 24.4 Å². The first kappa shape index (κ1) is 23.7. The molecule has 1 N–H and O–H groups in total. The number of benzene rings is 3. The van der Waals surface area contributed by atoms with E-state index in [1.807, 2.05) is 12.1 Å². The summed E-state index contributed by atoms with van der Waals surface area (Å²) in [7, 11) is 3.13. The predicted molar refractivity (Wildman–Crippen MR) is 131 cm³/mol. The minimum atomic E-state index is -0.595. The highest BCUT2D eigenvalue weighted by atomic mass is 16.6.